The molecule has 0 N–H and O–H groups in total. The van der Waals surface area contributed by atoms with Crippen molar-refractivity contribution in [2.75, 3.05) is 19.7 Å². The number of fused-ring (bicyclic) bond motifs is 1. The van der Waals surface area contributed by atoms with Crippen molar-refractivity contribution in [3.63, 3.8) is 0 Å². The first-order chi connectivity index (χ1) is 12.5. The number of hydrogen-bond acceptors (Lipinski definition) is 3. The van der Waals surface area contributed by atoms with E-state index in [1.807, 2.05) is 12.1 Å². The zero-order valence-electron chi connectivity index (χ0n) is 14.5. The molecule has 1 fully saturated rings. The van der Waals surface area contributed by atoms with Gasteiger partial charge in [0.25, 0.3) is 0 Å². The highest BCUT2D eigenvalue weighted by Gasteiger charge is 2.32. The smallest absolute Gasteiger partial charge is 0.243 e. The van der Waals surface area contributed by atoms with Gasteiger partial charge in [-0.25, -0.2) is 12.8 Å². The molecule has 0 saturated carbocycles. The Morgan fingerprint density at radius 2 is 1.73 bits per heavy atom. The molecule has 4 nitrogen and oxygen atoms in total. The van der Waals surface area contributed by atoms with Crippen LogP contribution in [0.2, 0.25) is 0 Å². The molecule has 0 bridgehead atoms. The highest BCUT2D eigenvalue weighted by molar-refractivity contribution is 7.89. The molecule has 2 aliphatic rings. The van der Waals surface area contributed by atoms with E-state index in [0.29, 0.717) is 18.0 Å². The monoisotopic (exact) mass is 375 g/mol. The summed E-state index contributed by atoms with van der Waals surface area (Å²) < 4.78 is 46.6. The molecule has 0 radical (unpaired) electrons. The number of morpholine rings is 1. The second-order valence-electron chi connectivity index (χ2n) is 6.91. The summed E-state index contributed by atoms with van der Waals surface area (Å²) in [4.78, 5) is 0.359. The fourth-order valence-corrected chi connectivity index (χ4v) is 5.22. The van der Waals surface area contributed by atoms with Crippen molar-refractivity contribution in [1.82, 2.24) is 4.31 Å². The first kappa shape index (κ1) is 17.6. The molecule has 1 aliphatic heterocycles. The van der Waals surface area contributed by atoms with Gasteiger partial charge in [-0.15, -0.1) is 0 Å². The van der Waals surface area contributed by atoms with E-state index in [4.69, 9.17) is 4.74 Å². The predicted octanol–water partition coefficient (Wildman–Crippen LogP) is 3.47. The van der Waals surface area contributed by atoms with Crippen molar-refractivity contribution in [1.29, 1.82) is 0 Å². The molecule has 0 aromatic heterocycles. The van der Waals surface area contributed by atoms with Crippen LogP contribution in [0.1, 0.15) is 35.6 Å². The first-order valence-corrected chi connectivity index (χ1v) is 10.5. The van der Waals surface area contributed by atoms with Crippen LogP contribution in [0.5, 0.6) is 0 Å². The average molecular weight is 375 g/mol. The average Bonchev–Trinajstić information content (AvgIpc) is 2.68. The van der Waals surface area contributed by atoms with Gasteiger partial charge in [-0.1, -0.05) is 18.2 Å². The number of aryl methyl sites for hydroxylation is 2. The Balaban J connectivity index is 1.58. The quantitative estimate of drug-likeness (QED) is 0.825. The van der Waals surface area contributed by atoms with E-state index < -0.39 is 10.0 Å². The lowest BCUT2D eigenvalue weighted by atomic mass is 9.92. The molecular formula is C20H22FNO3S. The Morgan fingerprint density at radius 1 is 1.00 bits per heavy atom. The molecular weight excluding hydrogens is 353 g/mol. The zero-order chi connectivity index (χ0) is 18.1. The molecule has 2 aromatic rings. The van der Waals surface area contributed by atoms with E-state index in [1.165, 1.54) is 28.4 Å². The maximum atomic E-state index is 13.1. The van der Waals surface area contributed by atoms with Crippen molar-refractivity contribution in [2.24, 2.45) is 0 Å². The highest BCUT2D eigenvalue weighted by Crippen LogP contribution is 2.29. The molecule has 1 atom stereocenters. The number of benzene rings is 2. The Kier molecular flexibility index (Phi) is 4.82. The third-order valence-corrected chi connectivity index (χ3v) is 7.09. The van der Waals surface area contributed by atoms with Crippen LogP contribution in [0.25, 0.3) is 0 Å². The number of ether oxygens (including phenoxy) is 1. The SMILES string of the molecule is O=S(=O)(c1ccc2c(c1)CCCC2)N1CCOC(c2ccc(F)cc2)C1. The van der Waals surface area contributed by atoms with Gasteiger partial charge in [0.15, 0.2) is 0 Å². The maximum absolute atomic E-state index is 13.1. The minimum absolute atomic E-state index is 0.241. The summed E-state index contributed by atoms with van der Waals surface area (Å²) in [5.41, 5.74) is 3.21. The first-order valence-electron chi connectivity index (χ1n) is 9.03. The standard InChI is InChI=1S/C20H22FNO3S/c21-18-8-5-16(6-9-18)20-14-22(11-12-25-20)26(23,24)19-10-7-15-3-1-2-4-17(15)13-19/h5-10,13,20H,1-4,11-12,14H2. The molecule has 26 heavy (non-hydrogen) atoms. The van der Waals surface area contributed by atoms with E-state index in [1.54, 1.807) is 18.2 Å². The van der Waals surface area contributed by atoms with Crippen LogP contribution in [0.4, 0.5) is 4.39 Å². The lowest BCUT2D eigenvalue weighted by Crippen LogP contribution is -2.42. The van der Waals surface area contributed by atoms with Gasteiger partial charge in [0.2, 0.25) is 10.0 Å². The molecule has 138 valence electrons. The van der Waals surface area contributed by atoms with Crippen LogP contribution >= 0.6 is 0 Å². The third-order valence-electron chi connectivity index (χ3n) is 5.23. The van der Waals surface area contributed by atoms with Crippen molar-refractivity contribution in [3.05, 3.63) is 65.0 Å². The molecule has 4 rings (SSSR count). The summed E-state index contributed by atoms with van der Waals surface area (Å²) >= 11 is 0. The van der Waals surface area contributed by atoms with Crippen LogP contribution in [0, 0.1) is 5.82 Å². The fraction of sp³-hybridized carbons (Fsp3) is 0.400. The zero-order valence-corrected chi connectivity index (χ0v) is 15.3. The number of nitrogens with zero attached hydrogens (tertiary/aromatic N) is 1. The van der Waals surface area contributed by atoms with E-state index in [-0.39, 0.29) is 18.5 Å². The lowest BCUT2D eigenvalue weighted by molar-refractivity contribution is -0.00258. The van der Waals surface area contributed by atoms with Crippen molar-refractivity contribution in [3.8, 4) is 0 Å². The van der Waals surface area contributed by atoms with Gasteiger partial charge >= 0.3 is 0 Å². The summed E-state index contributed by atoms with van der Waals surface area (Å²) in [6.45, 7) is 0.897. The van der Waals surface area contributed by atoms with E-state index in [9.17, 15) is 12.8 Å². The van der Waals surface area contributed by atoms with Crippen molar-refractivity contribution >= 4 is 10.0 Å². The summed E-state index contributed by atoms with van der Waals surface area (Å²) in [6.07, 6.45) is 3.87. The normalized spacial score (nSPS) is 21.3. The van der Waals surface area contributed by atoms with Crippen LogP contribution < -0.4 is 0 Å². The van der Waals surface area contributed by atoms with Crippen LogP contribution in [-0.2, 0) is 27.6 Å². The summed E-state index contributed by atoms with van der Waals surface area (Å²) in [6, 6.07) is 11.6. The predicted molar refractivity (Wildman–Crippen MR) is 96.9 cm³/mol. The minimum Gasteiger partial charge on any atom is -0.371 e. The Morgan fingerprint density at radius 3 is 2.50 bits per heavy atom. The van der Waals surface area contributed by atoms with E-state index >= 15 is 0 Å². The Bertz CT molecular complexity index is 896. The summed E-state index contributed by atoms with van der Waals surface area (Å²) in [5.74, 6) is -0.317. The van der Waals surface area contributed by atoms with Gasteiger partial charge < -0.3 is 4.74 Å². The van der Waals surface area contributed by atoms with Crippen molar-refractivity contribution in [2.45, 2.75) is 36.7 Å². The van der Waals surface area contributed by atoms with E-state index in [2.05, 4.69) is 0 Å². The fourth-order valence-electron chi connectivity index (χ4n) is 3.74. The summed E-state index contributed by atoms with van der Waals surface area (Å²) in [7, 11) is -3.57. The topological polar surface area (TPSA) is 46.6 Å². The minimum atomic E-state index is -3.57. The van der Waals surface area contributed by atoms with Crippen LogP contribution in [-0.4, -0.2) is 32.4 Å². The lowest BCUT2D eigenvalue weighted by Gasteiger charge is -2.32. The van der Waals surface area contributed by atoms with Gasteiger partial charge in [0.1, 0.15) is 5.82 Å². The Labute approximate surface area is 153 Å². The number of sulfonamides is 1. The number of hydrogen-bond donors (Lipinski definition) is 0. The molecule has 2 aromatic carbocycles. The number of halogens is 1. The molecule has 1 aliphatic carbocycles. The molecule has 0 spiro atoms. The Hall–Kier alpha value is -1.76. The molecule has 1 unspecified atom stereocenters. The second kappa shape index (κ2) is 7.10. The van der Waals surface area contributed by atoms with Gasteiger partial charge in [0, 0.05) is 13.1 Å². The van der Waals surface area contributed by atoms with E-state index in [0.717, 1.165) is 30.4 Å². The molecule has 1 saturated heterocycles. The highest BCUT2D eigenvalue weighted by atomic mass is 32.2. The van der Waals surface area contributed by atoms with Crippen LogP contribution in [0.15, 0.2) is 47.4 Å². The van der Waals surface area contributed by atoms with Gasteiger partial charge in [-0.3, -0.25) is 0 Å². The molecule has 6 heteroatoms. The van der Waals surface area contributed by atoms with Gasteiger partial charge in [-0.05, 0) is 66.6 Å². The third kappa shape index (κ3) is 3.41. The van der Waals surface area contributed by atoms with Crippen LogP contribution in [0.3, 0.4) is 0 Å². The second-order valence-corrected chi connectivity index (χ2v) is 8.85. The van der Waals surface area contributed by atoms with Gasteiger partial charge in [0.05, 0.1) is 17.6 Å². The van der Waals surface area contributed by atoms with Crippen molar-refractivity contribution < 1.29 is 17.5 Å². The molecule has 1 heterocycles. The summed E-state index contributed by atoms with van der Waals surface area (Å²) in [5, 5.41) is 0. The largest absolute Gasteiger partial charge is 0.371 e. The number of rotatable bonds is 3. The molecule has 0 amide bonds. The van der Waals surface area contributed by atoms with Gasteiger partial charge in [-0.2, -0.15) is 4.31 Å². The maximum Gasteiger partial charge on any atom is 0.243 e.